The average molecular weight is 413 g/mol. The number of aromatic nitrogens is 3. The molecule has 1 unspecified atom stereocenters. The van der Waals surface area contributed by atoms with Crippen LogP contribution in [0.2, 0.25) is 0 Å². The summed E-state index contributed by atoms with van der Waals surface area (Å²) in [7, 11) is 1.47. The first-order valence-corrected chi connectivity index (χ1v) is 11.0. The largest absolute Gasteiger partial charge is 0.453 e. The summed E-state index contributed by atoms with van der Waals surface area (Å²) in [6, 6.07) is 0.574. The maximum absolute atomic E-state index is 12.2. The van der Waals surface area contributed by atoms with Crippen molar-refractivity contribution in [1.82, 2.24) is 20.0 Å². The van der Waals surface area contributed by atoms with Crippen molar-refractivity contribution in [3.8, 4) is 11.3 Å². The number of carbonyl (C=O) groups is 1. The smallest absolute Gasteiger partial charge is 0.409 e. The number of piperidine rings is 1. The van der Waals surface area contributed by atoms with Gasteiger partial charge in [0, 0.05) is 23.7 Å². The summed E-state index contributed by atoms with van der Waals surface area (Å²) in [6.45, 7) is 10.3. The Balaban J connectivity index is 1.65. The van der Waals surface area contributed by atoms with Gasteiger partial charge in [-0.05, 0) is 64.4 Å². The van der Waals surface area contributed by atoms with Crippen molar-refractivity contribution < 1.29 is 14.1 Å². The third kappa shape index (κ3) is 3.59. The van der Waals surface area contributed by atoms with E-state index >= 15 is 0 Å². The summed E-state index contributed by atoms with van der Waals surface area (Å²) in [5, 5.41) is 4.13. The van der Waals surface area contributed by atoms with E-state index in [2.05, 4.69) is 25.9 Å². The van der Waals surface area contributed by atoms with E-state index in [1.54, 1.807) is 0 Å². The van der Waals surface area contributed by atoms with E-state index in [1.165, 1.54) is 7.11 Å². The van der Waals surface area contributed by atoms with Gasteiger partial charge in [-0.1, -0.05) is 19.0 Å². The lowest BCUT2D eigenvalue weighted by Crippen LogP contribution is -2.46. The molecule has 0 aromatic carbocycles. The van der Waals surface area contributed by atoms with Gasteiger partial charge in [0.15, 0.2) is 0 Å². The monoisotopic (exact) mass is 412 g/mol. The maximum atomic E-state index is 12.2. The molecule has 2 aromatic rings. The highest BCUT2D eigenvalue weighted by Gasteiger charge is 2.44. The number of hydrogen-bond acceptors (Lipinski definition) is 6. The van der Waals surface area contributed by atoms with Gasteiger partial charge in [-0.2, -0.15) is 0 Å². The number of hydrogen-bond donors (Lipinski definition) is 0. The Morgan fingerprint density at radius 3 is 2.37 bits per heavy atom. The van der Waals surface area contributed by atoms with Crippen LogP contribution < -0.4 is 0 Å². The maximum Gasteiger partial charge on any atom is 0.409 e. The lowest BCUT2D eigenvalue weighted by atomic mass is 9.86. The molecule has 1 amide bonds. The van der Waals surface area contributed by atoms with Gasteiger partial charge in [-0.3, -0.25) is 0 Å². The second kappa shape index (κ2) is 8.00. The average Bonchev–Trinajstić information content (AvgIpc) is 3.18. The zero-order valence-electron chi connectivity index (χ0n) is 18.9. The number of fused-ring (bicyclic) bond motifs is 2. The Hall–Kier alpha value is -2.44. The highest BCUT2D eigenvalue weighted by Crippen LogP contribution is 2.41. The van der Waals surface area contributed by atoms with Crippen molar-refractivity contribution in [2.24, 2.45) is 5.92 Å². The number of methoxy groups -OCH3 is 1. The summed E-state index contributed by atoms with van der Waals surface area (Å²) >= 11 is 0. The number of ether oxygens (including phenoxy) is 1. The minimum absolute atomic E-state index is 0.179. The van der Waals surface area contributed by atoms with Crippen LogP contribution in [0.1, 0.15) is 74.0 Å². The first kappa shape index (κ1) is 20.8. The molecular weight excluding hydrogens is 380 g/mol. The molecule has 2 bridgehead atoms. The van der Waals surface area contributed by atoms with Crippen molar-refractivity contribution in [2.45, 2.75) is 84.7 Å². The van der Waals surface area contributed by atoms with Crippen LogP contribution in [-0.2, 0) is 11.2 Å². The van der Waals surface area contributed by atoms with Crippen LogP contribution in [0.5, 0.6) is 0 Å². The summed E-state index contributed by atoms with van der Waals surface area (Å²) < 4.78 is 10.4. The van der Waals surface area contributed by atoms with Gasteiger partial charge in [-0.15, -0.1) is 0 Å². The normalized spacial score (nSPS) is 23.3. The van der Waals surface area contributed by atoms with Crippen LogP contribution in [0.3, 0.4) is 0 Å². The van der Waals surface area contributed by atoms with E-state index in [0.29, 0.717) is 5.92 Å². The number of nitrogens with zero attached hydrogens (tertiary/aromatic N) is 4. The molecule has 3 atom stereocenters. The molecule has 2 fully saturated rings. The Labute approximate surface area is 178 Å². The predicted molar refractivity (Wildman–Crippen MR) is 113 cm³/mol. The van der Waals surface area contributed by atoms with Gasteiger partial charge in [-0.25, -0.2) is 14.8 Å². The minimum atomic E-state index is -0.179. The van der Waals surface area contributed by atoms with E-state index in [0.717, 1.165) is 71.9 Å². The van der Waals surface area contributed by atoms with E-state index in [4.69, 9.17) is 19.2 Å². The molecular formula is C23H32N4O3. The highest BCUT2D eigenvalue weighted by molar-refractivity contribution is 5.69. The van der Waals surface area contributed by atoms with Gasteiger partial charge in [0.05, 0.1) is 24.1 Å². The van der Waals surface area contributed by atoms with Gasteiger partial charge < -0.3 is 14.2 Å². The Morgan fingerprint density at radius 1 is 1.17 bits per heavy atom. The minimum Gasteiger partial charge on any atom is -0.453 e. The molecule has 7 heteroatoms. The van der Waals surface area contributed by atoms with Crippen LogP contribution in [-0.4, -0.2) is 45.3 Å². The van der Waals surface area contributed by atoms with Crippen molar-refractivity contribution in [2.75, 3.05) is 7.11 Å². The summed E-state index contributed by atoms with van der Waals surface area (Å²) in [5.74, 6) is 2.40. The molecule has 162 valence electrons. The van der Waals surface area contributed by atoms with Crippen molar-refractivity contribution in [1.29, 1.82) is 0 Å². The molecule has 0 radical (unpaired) electrons. The van der Waals surface area contributed by atoms with Gasteiger partial charge in [0.1, 0.15) is 11.6 Å². The predicted octanol–water partition coefficient (Wildman–Crippen LogP) is 4.73. The topological polar surface area (TPSA) is 81.4 Å². The summed E-state index contributed by atoms with van der Waals surface area (Å²) in [6.07, 6.45) is 4.88. The van der Waals surface area contributed by atoms with Crippen LogP contribution in [0.4, 0.5) is 4.79 Å². The first-order chi connectivity index (χ1) is 14.3. The van der Waals surface area contributed by atoms with Crippen molar-refractivity contribution in [3.05, 3.63) is 28.5 Å². The molecule has 0 saturated carbocycles. The van der Waals surface area contributed by atoms with Gasteiger partial charge in [0.2, 0.25) is 0 Å². The zero-order valence-corrected chi connectivity index (χ0v) is 18.9. The van der Waals surface area contributed by atoms with Crippen LogP contribution >= 0.6 is 0 Å². The van der Waals surface area contributed by atoms with Crippen molar-refractivity contribution >= 4 is 6.09 Å². The van der Waals surface area contributed by atoms with Gasteiger partial charge in [0.25, 0.3) is 0 Å². The lowest BCUT2D eigenvalue weighted by Gasteiger charge is -2.38. The van der Waals surface area contributed by atoms with Crippen LogP contribution in [0.25, 0.3) is 11.3 Å². The Kier molecular flexibility index (Phi) is 5.55. The van der Waals surface area contributed by atoms with E-state index in [9.17, 15) is 4.79 Å². The molecule has 0 aliphatic carbocycles. The summed E-state index contributed by atoms with van der Waals surface area (Å²) in [4.78, 5) is 24.0. The first-order valence-electron chi connectivity index (χ1n) is 11.0. The lowest BCUT2D eigenvalue weighted by molar-refractivity contribution is 0.0709. The molecule has 2 aliphatic rings. The number of carbonyl (C=O) groups excluding carboxylic acids is 1. The number of rotatable bonds is 4. The fraction of sp³-hybridized carbons (Fsp3) is 0.652. The van der Waals surface area contributed by atoms with E-state index in [1.807, 2.05) is 18.7 Å². The van der Waals surface area contributed by atoms with Crippen LogP contribution in [0.15, 0.2) is 4.52 Å². The van der Waals surface area contributed by atoms with Gasteiger partial charge >= 0.3 is 6.09 Å². The standard InChI is InChI=1S/C23H32N4O3/c1-12(2)22-24-19(13(3)21(25-22)20-14(4)26-30-15(20)5)11-16-9-17-7-8-18(10-16)27(17)23(28)29-6/h12,16-18H,7-11H2,1-6H3/t16?,17-,18+. The van der Waals surface area contributed by atoms with E-state index < -0.39 is 0 Å². The van der Waals surface area contributed by atoms with Crippen molar-refractivity contribution in [3.63, 3.8) is 0 Å². The van der Waals surface area contributed by atoms with E-state index in [-0.39, 0.29) is 24.1 Å². The molecule has 30 heavy (non-hydrogen) atoms. The Morgan fingerprint density at radius 2 is 1.83 bits per heavy atom. The fourth-order valence-electron chi connectivity index (χ4n) is 5.24. The SMILES string of the molecule is COC(=O)N1[C@@H]2CC[C@H]1CC(Cc1nc(C(C)C)nc(-c3c(C)noc3C)c1C)C2. The zero-order chi connectivity index (χ0) is 21.6. The molecule has 4 rings (SSSR count). The third-order valence-electron chi connectivity index (χ3n) is 6.75. The fourth-order valence-corrected chi connectivity index (χ4v) is 5.24. The molecule has 0 N–H and O–H groups in total. The Bertz CT molecular complexity index is 919. The van der Waals surface area contributed by atoms with Crippen LogP contribution in [0, 0.1) is 26.7 Å². The second-order valence-corrected chi connectivity index (χ2v) is 9.16. The molecule has 4 heterocycles. The third-order valence-corrected chi connectivity index (χ3v) is 6.75. The summed E-state index contributed by atoms with van der Waals surface area (Å²) in [5.41, 5.74) is 5.00. The molecule has 2 aliphatic heterocycles. The molecule has 2 saturated heterocycles. The molecule has 0 spiro atoms. The highest BCUT2D eigenvalue weighted by atomic mass is 16.5. The number of aryl methyl sites for hydroxylation is 2. The number of amides is 1. The molecule has 2 aromatic heterocycles. The quantitative estimate of drug-likeness (QED) is 0.722. The second-order valence-electron chi connectivity index (χ2n) is 9.16. The molecule has 7 nitrogen and oxygen atoms in total.